The van der Waals surface area contributed by atoms with E-state index in [1.807, 2.05) is 39.0 Å². The number of ether oxygens (including phenoxy) is 1. The first-order chi connectivity index (χ1) is 12.7. The first-order valence-corrected chi connectivity index (χ1v) is 10.2. The maximum absolute atomic E-state index is 13.0. The molecule has 1 atom stereocenters. The summed E-state index contributed by atoms with van der Waals surface area (Å²) < 4.78 is 5.93. The van der Waals surface area contributed by atoms with Crippen LogP contribution in [0, 0.1) is 25.2 Å². The largest absolute Gasteiger partial charge is 0.430 e. The topological polar surface area (TPSA) is 43.4 Å². The van der Waals surface area contributed by atoms with E-state index in [1.165, 1.54) is 0 Å². The number of esters is 1. The van der Waals surface area contributed by atoms with Crippen LogP contribution in [0.25, 0.3) is 5.57 Å². The van der Waals surface area contributed by atoms with Crippen molar-refractivity contribution >= 4 is 17.3 Å². The Morgan fingerprint density at radius 2 is 1.89 bits per heavy atom. The molecule has 0 bridgehead atoms. The van der Waals surface area contributed by atoms with Crippen LogP contribution in [0.5, 0.6) is 0 Å². The third-order valence-corrected chi connectivity index (χ3v) is 5.45. The Bertz CT molecular complexity index is 740. The number of benzene rings is 1. The summed E-state index contributed by atoms with van der Waals surface area (Å²) in [6.07, 6.45) is 4.77. The van der Waals surface area contributed by atoms with Gasteiger partial charge >= 0.3 is 5.97 Å². The number of allylic oxidation sites excluding steroid dienone is 2. The molecular weight excluding hydrogens is 336 g/mol. The van der Waals surface area contributed by atoms with Crippen molar-refractivity contribution in [2.45, 2.75) is 80.1 Å². The van der Waals surface area contributed by atoms with Gasteiger partial charge in [-0.15, -0.1) is 0 Å². The van der Waals surface area contributed by atoms with Crippen LogP contribution in [-0.2, 0) is 14.3 Å². The summed E-state index contributed by atoms with van der Waals surface area (Å²) in [6, 6.07) is 6.10. The van der Waals surface area contributed by atoms with Gasteiger partial charge in [-0.3, -0.25) is 9.59 Å². The molecule has 0 aromatic heterocycles. The molecule has 1 unspecified atom stereocenters. The number of Topliss-reactive ketones (excluding diaryl/α,β-unsaturated/α-hetero) is 1. The van der Waals surface area contributed by atoms with Gasteiger partial charge in [-0.25, -0.2) is 0 Å². The maximum atomic E-state index is 13.0. The molecule has 0 amide bonds. The van der Waals surface area contributed by atoms with Gasteiger partial charge in [0.2, 0.25) is 0 Å². The fraction of sp³-hybridized carbons (Fsp3) is 0.583. The Balaban J connectivity index is 2.45. The minimum absolute atomic E-state index is 0.0735. The van der Waals surface area contributed by atoms with Crippen LogP contribution in [0.1, 0.15) is 82.9 Å². The van der Waals surface area contributed by atoms with Gasteiger partial charge in [-0.1, -0.05) is 64.3 Å². The van der Waals surface area contributed by atoms with E-state index in [2.05, 4.69) is 20.8 Å². The Labute approximate surface area is 164 Å². The quantitative estimate of drug-likeness (QED) is 0.540. The van der Waals surface area contributed by atoms with Gasteiger partial charge in [0.25, 0.3) is 0 Å². The molecule has 3 heteroatoms. The van der Waals surface area contributed by atoms with Crippen molar-refractivity contribution < 1.29 is 14.3 Å². The molecule has 1 aliphatic carbocycles. The number of hydrogen-bond donors (Lipinski definition) is 0. The Hall–Kier alpha value is -1.90. The molecule has 1 aliphatic rings. The second kappa shape index (κ2) is 8.86. The summed E-state index contributed by atoms with van der Waals surface area (Å²) in [4.78, 5) is 25.9. The SMILES string of the molecule is CCCCC(CC)C(=O)OC1=C(c2cc(C)ccc2C)C(=O)CC(C)(C)C1. The highest BCUT2D eigenvalue weighted by Crippen LogP contribution is 2.42. The normalized spacial score (nSPS) is 17.8. The molecular formula is C24H34O3. The highest BCUT2D eigenvalue weighted by atomic mass is 16.5. The van der Waals surface area contributed by atoms with Crippen molar-refractivity contribution in [1.29, 1.82) is 0 Å². The van der Waals surface area contributed by atoms with Crippen LogP contribution in [-0.4, -0.2) is 11.8 Å². The number of ketones is 1. The molecule has 0 spiro atoms. The van der Waals surface area contributed by atoms with Crippen LogP contribution in [0.2, 0.25) is 0 Å². The van der Waals surface area contributed by atoms with Crippen molar-refractivity contribution in [2.75, 3.05) is 0 Å². The van der Waals surface area contributed by atoms with Gasteiger partial charge in [0.15, 0.2) is 5.78 Å². The van der Waals surface area contributed by atoms with E-state index < -0.39 is 0 Å². The van der Waals surface area contributed by atoms with Crippen molar-refractivity contribution in [3.8, 4) is 0 Å². The van der Waals surface area contributed by atoms with E-state index in [0.29, 0.717) is 24.2 Å². The zero-order valence-electron chi connectivity index (χ0n) is 17.8. The van der Waals surface area contributed by atoms with E-state index >= 15 is 0 Å². The lowest BCUT2D eigenvalue weighted by atomic mass is 9.74. The number of rotatable bonds is 7. The van der Waals surface area contributed by atoms with E-state index in [1.54, 1.807) is 0 Å². The molecule has 0 saturated carbocycles. The summed E-state index contributed by atoms with van der Waals surface area (Å²) in [5.41, 5.74) is 3.45. The average Bonchev–Trinajstić information content (AvgIpc) is 2.57. The standard InChI is InChI=1S/C24H34O3/c1-7-9-10-18(8-2)23(26)27-21-15-24(5,6)14-20(25)22(21)19-13-16(3)11-12-17(19)4/h11-13,18H,7-10,14-15H2,1-6H3. The highest BCUT2D eigenvalue weighted by Gasteiger charge is 2.36. The first kappa shape index (κ1) is 21.4. The molecule has 3 nitrogen and oxygen atoms in total. The summed E-state index contributed by atoms with van der Waals surface area (Å²) >= 11 is 0. The van der Waals surface area contributed by atoms with Crippen molar-refractivity contribution in [2.24, 2.45) is 11.3 Å². The average molecular weight is 371 g/mol. The molecule has 0 radical (unpaired) electrons. The Morgan fingerprint density at radius 1 is 1.19 bits per heavy atom. The first-order valence-electron chi connectivity index (χ1n) is 10.2. The third kappa shape index (κ3) is 5.31. The summed E-state index contributed by atoms with van der Waals surface area (Å²) in [6.45, 7) is 12.3. The molecule has 148 valence electrons. The second-order valence-electron chi connectivity index (χ2n) is 8.73. The second-order valence-corrected chi connectivity index (χ2v) is 8.73. The minimum Gasteiger partial charge on any atom is -0.430 e. The summed E-state index contributed by atoms with van der Waals surface area (Å²) in [5.74, 6) is 0.348. The van der Waals surface area contributed by atoms with Gasteiger partial charge < -0.3 is 4.74 Å². The maximum Gasteiger partial charge on any atom is 0.314 e. The van der Waals surface area contributed by atoms with Gasteiger partial charge in [-0.2, -0.15) is 0 Å². The van der Waals surface area contributed by atoms with Gasteiger partial charge in [0, 0.05) is 12.8 Å². The lowest BCUT2D eigenvalue weighted by Gasteiger charge is -2.32. The predicted octanol–water partition coefficient (Wildman–Crippen LogP) is 6.16. The lowest BCUT2D eigenvalue weighted by molar-refractivity contribution is -0.145. The Morgan fingerprint density at radius 3 is 2.52 bits per heavy atom. The van der Waals surface area contributed by atoms with E-state index in [-0.39, 0.29) is 23.1 Å². The zero-order chi connectivity index (χ0) is 20.2. The highest BCUT2D eigenvalue weighted by molar-refractivity contribution is 6.22. The van der Waals surface area contributed by atoms with Crippen LogP contribution in [0.4, 0.5) is 0 Å². The fourth-order valence-electron chi connectivity index (χ4n) is 3.80. The number of carbonyl (C=O) groups excluding carboxylic acids is 2. The number of carbonyl (C=O) groups is 2. The van der Waals surface area contributed by atoms with E-state index in [4.69, 9.17) is 4.74 Å². The number of unbranched alkanes of at least 4 members (excludes halogenated alkanes) is 1. The van der Waals surface area contributed by atoms with Crippen LogP contribution >= 0.6 is 0 Å². The van der Waals surface area contributed by atoms with Gasteiger partial charge in [0.05, 0.1) is 11.5 Å². The number of aryl methyl sites for hydroxylation is 2. The molecule has 0 saturated heterocycles. The molecule has 27 heavy (non-hydrogen) atoms. The molecule has 0 N–H and O–H groups in total. The summed E-state index contributed by atoms with van der Waals surface area (Å²) in [7, 11) is 0. The van der Waals surface area contributed by atoms with Crippen molar-refractivity contribution in [3.05, 3.63) is 40.6 Å². The molecule has 1 aromatic rings. The molecule has 0 aliphatic heterocycles. The monoisotopic (exact) mass is 370 g/mol. The minimum atomic E-state index is -0.195. The molecule has 2 rings (SSSR count). The van der Waals surface area contributed by atoms with Gasteiger partial charge in [0.1, 0.15) is 5.76 Å². The number of hydrogen-bond acceptors (Lipinski definition) is 3. The smallest absolute Gasteiger partial charge is 0.314 e. The van der Waals surface area contributed by atoms with Crippen molar-refractivity contribution in [3.63, 3.8) is 0 Å². The van der Waals surface area contributed by atoms with Crippen molar-refractivity contribution in [1.82, 2.24) is 0 Å². The third-order valence-electron chi connectivity index (χ3n) is 5.45. The zero-order valence-corrected chi connectivity index (χ0v) is 17.8. The van der Waals surface area contributed by atoms with Crippen LogP contribution in [0.15, 0.2) is 24.0 Å². The Kier molecular flexibility index (Phi) is 7.02. The fourth-order valence-corrected chi connectivity index (χ4v) is 3.80. The van der Waals surface area contributed by atoms with E-state index in [0.717, 1.165) is 42.4 Å². The van der Waals surface area contributed by atoms with Crippen LogP contribution in [0.3, 0.4) is 0 Å². The predicted molar refractivity (Wildman–Crippen MR) is 110 cm³/mol. The molecule has 1 aromatic carbocycles. The molecule has 0 heterocycles. The van der Waals surface area contributed by atoms with E-state index in [9.17, 15) is 9.59 Å². The molecule has 0 fully saturated rings. The van der Waals surface area contributed by atoms with Gasteiger partial charge in [-0.05, 0) is 43.2 Å². The lowest BCUT2D eigenvalue weighted by Crippen LogP contribution is -2.28. The summed E-state index contributed by atoms with van der Waals surface area (Å²) in [5, 5.41) is 0. The van der Waals surface area contributed by atoms with Crippen LogP contribution < -0.4 is 0 Å².